The lowest BCUT2D eigenvalue weighted by Gasteiger charge is -2.07. The molecule has 4 heteroatoms. The molecule has 2 aromatic carbocycles. The quantitative estimate of drug-likeness (QED) is 0.693. The summed E-state index contributed by atoms with van der Waals surface area (Å²) >= 11 is 5.85. The second-order valence-electron chi connectivity index (χ2n) is 5.49. The highest BCUT2D eigenvalue weighted by molar-refractivity contribution is 6.30. The number of carbonyl (C=O) groups excluding carboxylic acids is 1. The second kappa shape index (κ2) is 10.0. The normalized spacial score (nSPS) is 10.5. The maximum absolute atomic E-state index is 11.7. The smallest absolute Gasteiger partial charge is 0.233 e. The van der Waals surface area contributed by atoms with Crippen molar-refractivity contribution in [3.8, 4) is 0 Å². The summed E-state index contributed by atoms with van der Waals surface area (Å²) in [5.74, 6) is 0.0502. The molecule has 23 heavy (non-hydrogen) atoms. The lowest BCUT2D eigenvalue weighted by atomic mass is 10.1. The van der Waals surface area contributed by atoms with Gasteiger partial charge < -0.3 is 10.6 Å². The van der Waals surface area contributed by atoms with Crippen LogP contribution in [0.25, 0.3) is 0 Å². The molecule has 0 aliphatic rings. The van der Waals surface area contributed by atoms with E-state index in [1.54, 1.807) is 0 Å². The molecule has 0 heterocycles. The van der Waals surface area contributed by atoms with Crippen LogP contribution in [0, 0.1) is 0 Å². The Hall–Kier alpha value is -1.84. The molecule has 0 spiro atoms. The minimum atomic E-state index is 0.0502. The first-order valence-corrected chi connectivity index (χ1v) is 8.37. The lowest BCUT2D eigenvalue weighted by molar-refractivity contribution is -0.120. The van der Waals surface area contributed by atoms with Gasteiger partial charge in [-0.2, -0.15) is 0 Å². The van der Waals surface area contributed by atoms with Gasteiger partial charge in [0.1, 0.15) is 0 Å². The zero-order chi connectivity index (χ0) is 16.3. The molecule has 0 fully saturated rings. The van der Waals surface area contributed by atoms with Crippen LogP contribution in [-0.4, -0.2) is 25.5 Å². The second-order valence-corrected chi connectivity index (χ2v) is 5.93. The fourth-order valence-electron chi connectivity index (χ4n) is 2.31. The van der Waals surface area contributed by atoms with E-state index in [2.05, 4.69) is 22.8 Å². The van der Waals surface area contributed by atoms with Gasteiger partial charge in [-0.05, 0) is 49.1 Å². The van der Waals surface area contributed by atoms with Gasteiger partial charge in [-0.3, -0.25) is 4.79 Å². The largest absolute Gasteiger partial charge is 0.355 e. The summed E-state index contributed by atoms with van der Waals surface area (Å²) in [4.78, 5) is 11.7. The van der Waals surface area contributed by atoms with E-state index < -0.39 is 0 Å². The van der Waals surface area contributed by atoms with Crippen LogP contribution in [0.1, 0.15) is 17.5 Å². The van der Waals surface area contributed by atoms with Crippen molar-refractivity contribution in [2.45, 2.75) is 19.3 Å². The Balaban J connectivity index is 1.51. The number of rotatable bonds is 9. The summed E-state index contributed by atoms with van der Waals surface area (Å²) in [7, 11) is 0. The van der Waals surface area contributed by atoms with Gasteiger partial charge in [-0.1, -0.05) is 54.1 Å². The molecule has 0 saturated heterocycles. The first kappa shape index (κ1) is 17.5. The molecule has 3 nitrogen and oxygen atoms in total. The molecule has 0 bridgehead atoms. The van der Waals surface area contributed by atoms with Crippen LogP contribution in [0.5, 0.6) is 0 Å². The molecule has 122 valence electrons. The third kappa shape index (κ3) is 7.31. The van der Waals surface area contributed by atoms with Crippen LogP contribution < -0.4 is 10.6 Å². The summed E-state index contributed by atoms with van der Waals surface area (Å²) in [5.41, 5.74) is 2.52. The molecule has 0 aliphatic carbocycles. The van der Waals surface area contributed by atoms with E-state index in [4.69, 9.17) is 11.6 Å². The molecule has 0 unspecified atom stereocenters. The number of halogens is 1. The van der Waals surface area contributed by atoms with Crippen LogP contribution in [-0.2, 0) is 17.6 Å². The van der Waals surface area contributed by atoms with E-state index in [0.717, 1.165) is 30.8 Å². The Labute approximate surface area is 143 Å². The van der Waals surface area contributed by atoms with Gasteiger partial charge in [0.05, 0.1) is 6.54 Å². The average Bonchev–Trinajstić information content (AvgIpc) is 2.58. The monoisotopic (exact) mass is 330 g/mol. The fourth-order valence-corrected chi connectivity index (χ4v) is 2.44. The maximum Gasteiger partial charge on any atom is 0.233 e. The Morgan fingerprint density at radius 2 is 1.57 bits per heavy atom. The highest BCUT2D eigenvalue weighted by Crippen LogP contribution is 2.09. The first-order chi connectivity index (χ1) is 11.2. The molecule has 2 aromatic rings. The fraction of sp³-hybridized carbons (Fsp3) is 0.316. The maximum atomic E-state index is 11.7. The standard InChI is InChI=1S/C19H23ClN2O/c20-18-10-8-17(9-11-18)12-14-21-15-19(23)22-13-4-7-16-5-2-1-3-6-16/h1-3,5-6,8-11,21H,4,7,12-15H2,(H,22,23). The van der Waals surface area contributed by atoms with Crippen molar-refractivity contribution in [3.05, 3.63) is 70.7 Å². The van der Waals surface area contributed by atoms with E-state index in [1.807, 2.05) is 42.5 Å². The number of amides is 1. The molecular weight excluding hydrogens is 308 g/mol. The van der Waals surface area contributed by atoms with E-state index in [-0.39, 0.29) is 5.91 Å². The third-order valence-corrected chi connectivity index (χ3v) is 3.85. The SMILES string of the molecule is O=C(CNCCc1ccc(Cl)cc1)NCCCc1ccccc1. The van der Waals surface area contributed by atoms with Crippen LogP contribution in [0.3, 0.4) is 0 Å². The minimum absolute atomic E-state index is 0.0502. The van der Waals surface area contributed by atoms with E-state index in [9.17, 15) is 4.79 Å². The number of carbonyl (C=O) groups is 1. The van der Waals surface area contributed by atoms with Crippen molar-refractivity contribution in [2.75, 3.05) is 19.6 Å². The zero-order valence-electron chi connectivity index (χ0n) is 13.2. The number of nitrogens with one attached hydrogen (secondary N) is 2. The number of benzene rings is 2. The summed E-state index contributed by atoms with van der Waals surface area (Å²) in [6.07, 6.45) is 2.84. The van der Waals surface area contributed by atoms with Crippen molar-refractivity contribution in [2.24, 2.45) is 0 Å². The average molecular weight is 331 g/mol. The lowest BCUT2D eigenvalue weighted by Crippen LogP contribution is -2.35. The summed E-state index contributed by atoms with van der Waals surface area (Å²) in [5, 5.41) is 6.85. The van der Waals surface area contributed by atoms with Crippen molar-refractivity contribution in [1.29, 1.82) is 0 Å². The van der Waals surface area contributed by atoms with Gasteiger partial charge in [0.15, 0.2) is 0 Å². The first-order valence-electron chi connectivity index (χ1n) is 8.00. The van der Waals surface area contributed by atoms with Gasteiger partial charge >= 0.3 is 0 Å². The predicted molar refractivity (Wildman–Crippen MR) is 95.8 cm³/mol. The predicted octanol–water partition coefficient (Wildman–Crippen LogP) is 3.22. The molecule has 2 N–H and O–H groups in total. The zero-order valence-corrected chi connectivity index (χ0v) is 14.0. The number of aryl methyl sites for hydroxylation is 1. The molecule has 2 rings (SSSR count). The van der Waals surface area contributed by atoms with Crippen LogP contribution in [0.4, 0.5) is 0 Å². The van der Waals surface area contributed by atoms with E-state index in [1.165, 1.54) is 11.1 Å². The molecule has 0 aliphatic heterocycles. The molecule has 1 amide bonds. The molecule has 0 saturated carbocycles. The van der Waals surface area contributed by atoms with Crippen molar-refractivity contribution in [1.82, 2.24) is 10.6 Å². The topological polar surface area (TPSA) is 41.1 Å². The molecule has 0 aromatic heterocycles. The Kier molecular flexibility index (Phi) is 7.64. The molecular formula is C19H23ClN2O. The Morgan fingerprint density at radius 3 is 2.30 bits per heavy atom. The Bertz CT molecular complexity index is 584. The number of hydrogen-bond acceptors (Lipinski definition) is 2. The highest BCUT2D eigenvalue weighted by atomic mass is 35.5. The summed E-state index contributed by atoms with van der Waals surface area (Å²) in [6.45, 7) is 1.85. The Morgan fingerprint density at radius 1 is 0.870 bits per heavy atom. The van der Waals surface area contributed by atoms with Crippen molar-refractivity contribution >= 4 is 17.5 Å². The van der Waals surface area contributed by atoms with Crippen LogP contribution in [0.2, 0.25) is 5.02 Å². The van der Waals surface area contributed by atoms with Gasteiger partial charge in [-0.25, -0.2) is 0 Å². The van der Waals surface area contributed by atoms with E-state index in [0.29, 0.717) is 13.1 Å². The van der Waals surface area contributed by atoms with Crippen LogP contribution in [0.15, 0.2) is 54.6 Å². The van der Waals surface area contributed by atoms with Gasteiger partial charge in [-0.15, -0.1) is 0 Å². The number of hydrogen-bond donors (Lipinski definition) is 2. The minimum Gasteiger partial charge on any atom is -0.355 e. The third-order valence-electron chi connectivity index (χ3n) is 3.60. The van der Waals surface area contributed by atoms with E-state index >= 15 is 0 Å². The summed E-state index contributed by atoms with van der Waals surface area (Å²) < 4.78 is 0. The van der Waals surface area contributed by atoms with Crippen molar-refractivity contribution < 1.29 is 4.79 Å². The van der Waals surface area contributed by atoms with Gasteiger partial charge in [0.2, 0.25) is 5.91 Å². The van der Waals surface area contributed by atoms with Crippen molar-refractivity contribution in [3.63, 3.8) is 0 Å². The highest BCUT2D eigenvalue weighted by Gasteiger charge is 2.00. The summed E-state index contributed by atoms with van der Waals surface area (Å²) in [6, 6.07) is 18.1. The van der Waals surface area contributed by atoms with Gasteiger partial charge in [0, 0.05) is 11.6 Å². The van der Waals surface area contributed by atoms with Crippen LogP contribution >= 0.6 is 11.6 Å². The molecule has 0 atom stereocenters. The molecule has 0 radical (unpaired) electrons. The van der Waals surface area contributed by atoms with Gasteiger partial charge in [0.25, 0.3) is 0 Å².